The molecule has 0 aromatic heterocycles. The maximum Gasteiger partial charge on any atom is 0.236 e. The number of rotatable bonds is 4. The SMILES string of the molecule is N#CCC(=O)N1CCN(C(=O)CCC2CCCCC2)CC1. The van der Waals surface area contributed by atoms with Crippen LogP contribution in [0.25, 0.3) is 0 Å². The minimum atomic E-state index is -0.119. The van der Waals surface area contributed by atoms with Crippen LogP contribution >= 0.6 is 0 Å². The largest absolute Gasteiger partial charge is 0.339 e. The second-order valence-electron chi connectivity index (χ2n) is 6.14. The zero-order valence-corrected chi connectivity index (χ0v) is 12.7. The number of hydrogen-bond donors (Lipinski definition) is 0. The van der Waals surface area contributed by atoms with Gasteiger partial charge in [0.2, 0.25) is 11.8 Å². The van der Waals surface area contributed by atoms with Crippen LogP contribution in [0.4, 0.5) is 0 Å². The second-order valence-corrected chi connectivity index (χ2v) is 6.14. The first-order valence-electron chi connectivity index (χ1n) is 8.13. The number of carbonyl (C=O) groups is 2. The van der Waals surface area contributed by atoms with Crippen LogP contribution in [0.5, 0.6) is 0 Å². The van der Waals surface area contributed by atoms with Gasteiger partial charge in [-0.05, 0) is 12.3 Å². The quantitative estimate of drug-likeness (QED) is 0.795. The van der Waals surface area contributed by atoms with Crippen molar-refractivity contribution in [1.29, 1.82) is 5.26 Å². The molecule has 1 aliphatic carbocycles. The van der Waals surface area contributed by atoms with Gasteiger partial charge in [0.1, 0.15) is 6.42 Å². The van der Waals surface area contributed by atoms with E-state index in [4.69, 9.17) is 5.26 Å². The summed E-state index contributed by atoms with van der Waals surface area (Å²) in [7, 11) is 0. The van der Waals surface area contributed by atoms with E-state index in [-0.39, 0.29) is 18.2 Å². The highest BCUT2D eigenvalue weighted by Crippen LogP contribution is 2.27. The van der Waals surface area contributed by atoms with E-state index in [2.05, 4.69) is 0 Å². The normalized spacial score (nSPS) is 20.1. The summed E-state index contributed by atoms with van der Waals surface area (Å²) in [6.07, 6.45) is 8.16. The van der Waals surface area contributed by atoms with Gasteiger partial charge in [-0.25, -0.2) is 0 Å². The van der Waals surface area contributed by atoms with Crippen molar-refractivity contribution in [3.63, 3.8) is 0 Å². The lowest BCUT2D eigenvalue weighted by Crippen LogP contribution is -2.50. The topological polar surface area (TPSA) is 64.4 Å². The Morgan fingerprint density at radius 2 is 1.52 bits per heavy atom. The number of hydrogen-bond acceptors (Lipinski definition) is 3. The van der Waals surface area contributed by atoms with Gasteiger partial charge in [0.25, 0.3) is 0 Å². The lowest BCUT2D eigenvalue weighted by atomic mass is 9.86. The smallest absolute Gasteiger partial charge is 0.236 e. The third-order valence-electron chi connectivity index (χ3n) is 4.71. The lowest BCUT2D eigenvalue weighted by molar-refractivity contribution is -0.139. The fourth-order valence-corrected chi connectivity index (χ4v) is 3.35. The van der Waals surface area contributed by atoms with Crippen LogP contribution in [-0.2, 0) is 9.59 Å². The van der Waals surface area contributed by atoms with Crippen molar-refractivity contribution in [2.45, 2.75) is 51.4 Å². The molecule has 0 N–H and O–H groups in total. The molecule has 2 fully saturated rings. The molecule has 1 aliphatic heterocycles. The molecule has 0 aromatic rings. The molecule has 116 valence electrons. The molecular formula is C16H25N3O2. The fourth-order valence-electron chi connectivity index (χ4n) is 3.35. The monoisotopic (exact) mass is 291 g/mol. The molecule has 2 amide bonds. The molecule has 1 saturated heterocycles. The maximum absolute atomic E-state index is 12.2. The summed E-state index contributed by atoms with van der Waals surface area (Å²) >= 11 is 0. The average Bonchev–Trinajstić information content (AvgIpc) is 2.54. The van der Waals surface area contributed by atoms with Crippen LogP contribution in [-0.4, -0.2) is 47.8 Å². The molecule has 0 aromatic carbocycles. The van der Waals surface area contributed by atoms with Gasteiger partial charge >= 0.3 is 0 Å². The van der Waals surface area contributed by atoms with E-state index in [9.17, 15) is 9.59 Å². The zero-order valence-electron chi connectivity index (χ0n) is 12.7. The van der Waals surface area contributed by atoms with Crippen molar-refractivity contribution in [2.24, 2.45) is 5.92 Å². The Labute approximate surface area is 126 Å². The molecule has 1 saturated carbocycles. The molecule has 0 unspecified atom stereocenters. The molecule has 2 rings (SSSR count). The predicted octanol–water partition coefficient (Wildman–Crippen LogP) is 1.93. The molecule has 0 atom stereocenters. The molecule has 5 nitrogen and oxygen atoms in total. The Morgan fingerprint density at radius 3 is 2.10 bits per heavy atom. The van der Waals surface area contributed by atoms with Crippen LogP contribution in [0.3, 0.4) is 0 Å². The highest BCUT2D eigenvalue weighted by molar-refractivity contribution is 5.79. The summed E-state index contributed by atoms with van der Waals surface area (Å²) in [6, 6.07) is 1.88. The molecule has 21 heavy (non-hydrogen) atoms. The van der Waals surface area contributed by atoms with Gasteiger partial charge in [-0.2, -0.15) is 5.26 Å². The first kappa shape index (κ1) is 15.8. The molecule has 5 heteroatoms. The molecule has 2 aliphatic rings. The summed E-state index contributed by atoms with van der Waals surface area (Å²) in [6.45, 7) is 2.35. The molecular weight excluding hydrogens is 266 g/mol. The first-order valence-corrected chi connectivity index (χ1v) is 8.13. The van der Waals surface area contributed by atoms with Gasteiger partial charge in [0.15, 0.2) is 0 Å². The maximum atomic E-state index is 12.2. The summed E-state index contributed by atoms with van der Waals surface area (Å²) in [4.78, 5) is 27.4. The van der Waals surface area contributed by atoms with E-state index in [0.29, 0.717) is 32.6 Å². The van der Waals surface area contributed by atoms with Crippen LogP contribution in [0, 0.1) is 17.2 Å². The van der Waals surface area contributed by atoms with Gasteiger partial charge in [0.05, 0.1) is 6.07 Å². The number of amides is 2. The number of nitrogens with zero attached hydrogens (tertiary/aromatic N) is 3. The van der Waals surface area contributed by atoms with Crippen molar-refractivity contribution in [1.82, 2.24) is 9.80 Å². The van der Waals surface area contributed by atoms with Crippen molar-refractivity contribution in [3.8, 4) is 6.07 Å². The third-order valence-corrected chi connectivity index (χ3v) is 4.71. The highest BCUT2D eigenvalue weighted by atomic mass is 16.2. The Balaban J connectivity index is 1.68. The predicted molar refractivity (Wildman–Crippen MR) is 79.2 cm³/mol. The Kier molecular flexibility index (Phi) is 6.04. The molecule has 1 heterocycles. The number of carbonyl (C=O) groups excluding carboxylic acids is 2. The van der Waals surface area contributed by atoms with Crippen LogP contribution in [0.1, 0.15) is 51.4 Å². The zero-order chi connectivity index (χ0) is 15.1. The van der Waals surface area contributed by atoms with Crippen LogP contribution < -0.4 is 0 Å². The van der Waals surface area contributed by atoms with Crippen molar-refractivity contribution < 1.29 is 9.59 Å². The summed E-state index contributed by atoms with van der Waals surface area (Å²) in [5.74, 6) is 0.848. The average molecular weight is 291 g/mol. The Morgan fingerprint density at radius 1 is 0.952 bits per heavy atom. The summed E-state index contributed by atoms with van der Waals surface area (Å²) in [5.41, 5.74) is 0. The van der Waals surface area contributed by atoms with Crippen LogP contribution in [0.2, 0.25) is 0 Å². The van der Waals surface area contributed by atoms with Gasteiger partial charge in [0, 0.05) is 32.6 Å². The van der Waals surface area contributed by atoms with E-state index in [0.717, 1.165) is 12.3 Å². The summed E-state index contributed by atoms with van der Waals surface area (Å²) in [5, 5.41) is 8.54. The van der Waals surface area contributed by atoms with Gasteiger partial charge < -0.3 is 9.80 Å². The van der Waals surface area contributed by atoms with Crippen molar-refractivity contribution in [2.75, 3.05) is 26.2 Å². The van der Waals surface area contributed by atoms with E-state index in [1.54, 1.807) is 4.90 Å². The fraction of sp³-hybridized carbons (Fsp3) is 0.812. The number of piperazine rings is 1. The lowest BCUT2D eigenvalue weighted by Gasteiger charge is -2.34. The minimum absolute atomic E-state index is 0.0599. The highest BCUT2D eigenvalue weighted by Gasteiger charge is 2.24. The molecule has 0 radical (unpaired) electrons. The molecule has 0 spiro atoms. The van der Waals surface area contributed by atoms with Gasteiger partial charge in [-0.3, -0.25) is 9.59 Å². The van der Waals surface area contributed by atoms with E-state index in [1.807, 2.05) is 11.0 Å². The minimum Gasteiger partial charge on any atom is -0.339 e. The second kappa shape index (κ2) is 8.02. The van der Waals surface area contributed by atoms with E-state index in [1.165, 1.54) is 32.1 Å². The van der Waals surface area contributed by atoms with Crippen molar-refractivity contribution >= 4 is 11.8 Å². The third kappa shape index (κ3) is 4.73. The van der Waals surface area contributed by atoms with Crippen molar-refractivity contribution in [3.05, 3.63) is 0 Å². The van der Waals surface area contributed by atoms with E-state index < -0.39 is 0 Å². The number of nitriles is 1. The van der Waals surface area contributed by atoms with Gasteiger partial charge in [-0.15, -0.1) is 0 Å². The summed E-state index contributed by atoms with van der Waals surface area (Å²) < 4.78 is 0. The van der Waals surface area contributed by atoms with E-state index >= 15 is 0 Å². The molecule has 0 bridgehead atoms. The van der Waals surface area contributed by atoms with Crippen LogP contribution in [0.15, 0.2) is 0 Å². The Hall–Kier alpha value is -1.57. The standard InChI is InChI=1S/C16H25N3O2/c17-9-8-16(21)19-12-10-18(11-13-19)15(20)7-6-14-4-2-1-3-5-14/h14H,1-8,10-13H2. The Bertz CT molecular complexity index is 402. The first-order chi connectivity index (χ1) is 10.2. The van der Waals surface area contributed by atoms with Gasteiger partial charge in [-0.1, -0.05) is 32.1 Å².